The Hall–Kier alpha value is -0.610. The Morgan fingerprint density at radius 3 is 2.73 bits per heavy atom. The second kappa shape index (κ2) is 4.49. The fourth-order valence-corrected chi connectivity index (χ4v) is 2.65. The predicted molar refractivity (Wildman–Crippen MR) is 57.8 cm³/mol. The van der Waals surface area contributed by atoms with Crippen LogP contribution in [0.1, 0.15) is 19.3 Å². The maximum atomic E-state index is 10.5. The molecule has 15 heavy (non-hydrogen) atoms. The summed E-state index contributed by atoms with van der Waals surface area (Å²) in [4.78, 5) is 15.3. The third-order valence-corrected chi connectivity index (χ3v) is 3.64. The van der Waals surface area contributed by atoms with E-state index in [0.29, 0.717) is 12.3 Å². The second-order valence-corrected chi connectivity index (χ2v) is 4.96. The second-order valence-electron chi connectivity index (χ2n) is 4.96. The first-order valence-electron chi connectivity index (χ1n) is 5.79. The summed E-state index contributed by atoms with van der Waals surface area (Å²) in [5.41, 5.74) is 0. The number of hydrogen-bond acceptors (Lipinski definition) is 3. The zero-order chi connectivity index (χ0) is 10.8. The SMILES string of the molecule is CN1CC(N2CCC(CCC(=O)O)C2)C1. The summed E-state index contributed by atoms with van der Waals surface area (Å²) in [6.45, 7) is 4.66. The Balaban J connectivity index is 1.68. The van der Waals surface area contributed by atoms with Gasteiger partial charge in [-0.15, -0.1) is 0 Å². The highest BCUT2D eigenvalue weighted by Gasteiger charge is 2.33. The van der Waals surface area contributed by atoms with Crippen molar-refractivity contribution in [3.05, 3.63) is 0 Å². The van der Waals surface area contributed by atoms with E-state index in [1.54, 1.807) is 0 Å². The van der Waals surface area contributed by atoms with Crippen LogP contribution in [0.15, 0.2) is 0 Å². The molecule has 0 aromatic rings. The van der Waals surface area contributed by atoms with Gasteiger partial charge in [0.05, 0.1) is 0 Å². The van der Waals surface area contributed by atoms with Crippen LogP contribution in [0.5, 0.6) is 0 Å². The zero-order valence-electron chi connectivity index (χ0n) is 9.35. The van der Waals surface area contributed by atoms with Gasteiger partial charge in [-0.1, -0.05) is 0 Å². The standard InChI is InChI=1S/C11H20N2O2/c1-12-7-10(8-12)13-5-4-9(6-13)2-3-11(14)15/h9-10H,2-8H2,1H3,(H,14,15). The van der Waals surface area contributed by atoms with Crippen LogP contribution in [0, 0.1) is 5.92 Å². The van der Waals surface area contributed by atoms with Crippen molar-refractivity contribution >= 4 is 5.97 Å². The molecule has 0 aliphatic carbocycles. The van der Waals surface area contributed by atoms with Gasteiger partial charge in [-0.25, -0.2) is 0 Å². The summed E-state index contributed by atoms with van der Waals surface area (Å²) in [5, 5.41) is 8.62. The van der Waals surface area contributed by atoms with Crippen molar-refractivity contribution in [2.45, 2.75) is 25.3 Å². The van der Waals surface area contributed by atoms with Gasteiger partial charge < -0.3 is 10.0 Å². The van der Waals surface area contributed by atoms with Crippen LogP contribution in [0.4, 0.5) is 0 Å². The van der Waals surface area contributed by atoms with Crippen LogP contribution in [-0.2, 0) is 4.79 Å². The minimum Gasteiger partial charge on any atom is -0.481 e. The van der Waals surface area contributed by atoms with Crippen molar-refractivity contribution in [2.75, 3.05) is 33.2 Å². The Bertz CT molecular complexity index is 239. The quantitative estimate of drug-likeness (QED) is 0.736. The van der Waals surface area contributed by atoms with Gasteiger partial charge in [0, 0.05) is 32.1 Å². The highest BCUT2D eigenvalue weighted by atomic mass is 16.4. The van der Waals surface area contributed by atoms with Crippen molar-refractivity contribution < 1.29 is 9.90 Å². The lowest BCUT2D eigenvalue weighted by atomic mass is 10.0. The molecule has 0 saturated carbocycles. The fourth-order valence-electron chi connectivity index (χ4n) is 2.65. The van der Waals surface area contributed by atoms with Gasteiger partial charge in [0.25, 0.3) is 0 Å². The summed E-state index contributed by atoms with van der Waals surface area (Å²) >= 11 is 0. The van der Waals surface area contributed by atoms with Gasteiger partial charge in [-0.3, -0.25) is 9.69 Å². The zero-order valence-corrected chi connectivity index (χ0v) is 9.35. The van der Waals surface area contributed by atoms with Gasteiger partial charge in [0.1, 0.15) is 0 Å². The molecule has 1 unspecified atom stereocenters. The number of rotatable bonds is 4. The number of carboxylic acids is 1. The van der Waals surface area contributed by atoms with Gasteiger partial charge in [0.15, 0.2) is 0 Å². The van der Waals surface area contributed by atoms with Gasteiger partial charge in [-0.05, 0) is 32.4 Å². The molecule has 2 rings (SSSR count). The van der Waals surface area contributed by atoms with Crippen molar-refractivity contribution in [3.8, 4) is 0 Å². The molecule has 1 N–H and O–H groups in total. The van der Waals surface area contributed by atoms with Crippen LogP contribution in [-0.4, -0.2) is 60.1 Å². The number of carboxylic acid groups (broad SMARTS) is 1. The molecule has 86 valence electrons. The van der Waals surface area contributed by atoms with E-state index < -0.39 is 5.97 Å². The van der Waals surface area contributed by atoms with Gasteiger partial charge in [0.2, 0.25) is 0 Å². The van der Waals surface area contributed by atoms with E-state index in [9.17, 15) is 4.79 Å². The summed E-state index contributed by atoms with van der Waals surface area (Å²) in [6, 6.07) is 0.741. The van der Waals surface area contributed by atoms with Crippen molar-refractivity contribution in [1.29, 1.82) is 0 Å². The average Bonchev–Trinajstić information content (AvgIpc) is 2.57. The Morgan fingerprint density at radius 2 is 2.13 bits per heavy atom. The summed E-state index contributed by atoms with van der Waals surface area (Å²) in [6.07, 6.45) is 2.38. The largest absolute Gasteiger partial charge is 0.481 e. The number of carbonyl (C=O) groups is 1. The first-order chi connectivity index (χ1) is 7.15. The molecule has 0 aromatic heterocycles. The summed E-state index contributed by atoms with van der Waals surface area (Å²) < 4.78 is 0. The van der Waals surface area contributed by atoms with Crippen LogP contribution in [0.25, 0.3) is 0 Å². The maximum Gasteiger partial charge on any atom is 0.303 e. The lowest BCUT2D eigenvalue weighted by molar-refractivity contribution is -0.137. The van der Waals surface area contributed by atoms with E-state index >= 15 is 0 Å². The van der Waals surface area contributed by atoms with E-state index in [4.69, 9.17) is 5.11 Å². The molecule has 2 heterocycles. The van der Waals surface area contributed by atoms with E-state index in [-0.39, 0.29) is 0 Å². The average molecular weight is 212 g/mol. The Labute approximate surface area is 90.9 Å². The number of nitrogens with zero attached hydrogens (tertiary/aromatic N) is 2. The molecule has 1 atom stereocenters. The van der Waals surface area contributed by atoms with E-state index in [1.165, 1.54) is 26.1 Å². The molecule has 2 aliphatic rings. The van der Waals surface area contributed by atoms with Crippen LogP contribution in [0.3, 0.4) is 0 Å². The van der Waals surface area contributed by atoms with Gasteiger partial charge in [-0.2, -0.15) is 0 Å². The van der Waals surface area contributed by atoms with Crippen LogP contribution in [0.2, 0.25) is 0 Å². The van der Waals surface area contributed by atoms with E-state index in [0.717, 1.165) is 19.0 Å². The number of hydrogen-bond donors (Lipinski definition) is 1. The number of likely N-dealkylation sites (tertiary alicyclic amines) is 2. The molecule has 2 aliphatic heterocycles. The van der Waals surface area contributed by atoms with E-state index in [2.05, 4.69) is 16.8 Å². The van der Waals surface area contributed by atoms with Crippen molar-refractivity contribution in [1.82, 2.24) is 9.80 Å². The smallest absolute Gasteiger partial charge is 0.303 e. The first kappa shape index (κ1) is 10.9. The minimum atomic E-state index is -0.656. The van der Waals surface area contributed by atoms with Gasteiger partial charge >= 0.3 is 5.97 Å². The Kier molecular flexibility index (Phi) is 3.26. The molecule has 0 aromatic carbocycles. The predicted octanol–water partition coefficient (Wildman–Crippen LogP) is 0.487. The lowest BCUT2D eigenvalue weighted by Gasteiger charge is -2.42. The fraction of sp³-hybridized carbons (Fsp3) is 0.909. The normalized spacial score (nSPS) is 29.3. The minimum absolute atomic E-state index is 0.336. The maximum absolute atomic E-state index is 10.5. The highest BCUT2D eigenvalue weighted by molar-refractivity contribution is 5.66. The molecule has 2 fully saturated rings. The molecule has 0 amide bonds. The Morgan fingerprint density at radius 1 is 1.40 bits per heavy atom. The molecular formula is C11H20N2O2. The molecule has 0 spiro atoms. The summed E-state index contributed by atoms with van der Waals surface area (Å²) in [5.74, 6) is -0.0381. The molecule has 0 bridgehead atoms. The lowest BCUT2D eigenvalue weighted by Crippen LogP contribution is -2.57. The third-order valence-electron chi connectivity index (χ3n) is 3.64. The summed E-state index contributed by atoms with van der Waals surface area (Å²) in [7, 11) is 2.15. The molecule has 4 heteroatoms. The van der Waals surface area contributed by atoms with E-state index in [1.807, 2.05) is 0 Å². The third kappa shape index (κ3) is 2.69. The molecular weight excluding hydrogens is 192 g/mol. The number of likely N-dealkylation sites (N-methyl/N-ethyl adjacent to an activating group) is 1. The molecule has 4 nitrogen and oxygen atoms in total. The first-order valence-corrected chi connectivity index (χ1v) is 5.79. The topological polar surface area (TPSA) is 43.8 Å². The monoisotopic (exact) mass is 212 g/mol. The molecule has 0 radical (unpaired) electrons. The molecule has 2 saturated heterocycles. The van der Waals surface area contributed by atoms with Crippen molar-refractivity contribution in [2.24, 2.45) is 5.92 Å². The number of aliphatic carboxylic acids is 1. The van der Waals surface area contributed by atoms with Crippen LogP contribution >= 0.6 is 0 Å². The van der Waals surface area contributed by atoms with Crippen LogP contribution < -0.4 is 0 Å². The van der Waals surface area contributed by atoms with Crippen molar-refractivity contribution in [3.63, 3.8) is 0 Å². The highest BCUT2D eigenvalue weighted by Crippen LogP contribution is 2.25.